The maximum absolute atomic E-state index is 13.8. The first-order valence-corrected chi connectivity index (χ1v) is 5.93. The van der Waals surface area contributed by atoms with Gasteiger partial charge in [0.15, 0.2) is 0 Å². The maximum atomic E-state index is 13.8. The normalized spacial score (nSPS) is 10.1. The predicted molar refractivity (Wildman–Crippen MR) is 72.1 cm³/mol. The van der Waals surface area contributed by atoms with Gasteiger partial charge in [0.2, 0.25) is 0 Å². The Balaban J connectivity index is 3.00. The number of nitrogens with zero attached hydrogens (tertiary/aromatic N) is 1. The van der Waals surface area contributed by atoms with E-state index in [2.05, 4.69) is 12.2 Å². The van der Waals surface area contributed by atoms with Gasteiger partial charge in [-0.25, -0.2) is 8.78 Å². The number of thiocarbonyl (C=S) groups is 1. The van der Waals surface area contributed by atoms with E-state index in [4.69, 9.17) is 10.5 Å². The fourth-order valence-electron chi connectivity index (χ4n) is 1.55. The van der Waals surface area contributed by atoms with Crippen molar-refractivity contribution in [2.45, 2.75) is 6.92 Å². The molecule has 0 atom stereocenters. The van der Waals surface area contributed by atoms with Crippen LogP contribution in [0.3, 0.4) is 0 Å². The molecule has 0 spiro atoms. The molecule has 7 heteroatoms. The fourth-order valence-corrected chi connectivity index (χ4v) is 1.67. The number of carbonyl (C=O) groups is 1. The van der Waals surface area contributed by atoms with Crippen LogP contribution < -0.4 is 10.6 Å². The summed E-state index contributed by atoms with van der Waals surface area (Å²) in [5, 5.41) is 0. The third-order valence-corrected chi connectivity index (χ3v) is 2.59. The van der Waals surface area contributed by atoms with Crippen LogP contribution in [0.5, 0.6) is 0 Å². The molecule has 0 heterocycles. The van der Waals surface area contributed by atoms with Crippen LogP contribution in [-0.2, 0) is 9.53 Å². The molecule has 19 heavy (non-hydrogen) atoms. The van der Waals surface area contributed by atoms with Crippen molar-refractivity contribution in [3.8, 4) is 0 Å². The van der Waals surface area contributed by atoms with Gasteiger partial charge in [0.1, 0.15) is 28.9 Å². The van der Waals surface area contributed by atoms with Gasteiger partial charge in [0.05, 0.1) is 6.61 Å². The SMILES string of the molecule is CCOC(=O)CN(C)c1c(F)cc(C(N)=S)cc1F. The highest BCUT2D eigenvalue weighted by molar-refractivity contribution is 7.80. The van der Waals surface area contributed by atoms with Gasteiger partial charge in [0.25, 0.3) is 0 Å². The Hall–Kier alpha value is -1.76. The van der Waals surface area contributed by atoms with E-state index >= 15 is 0 Å². The first-order valence-electron chi connectivity index (χ1n) is 5.52. The summed E-state index contributed by atoms with van der Waals surface area (Å²) in [5.41, 5.74) is 5.08. The number of halogens is 2. The molecule has 0 saturated heterocycles. The van der Waals surface area contributed by atoms with Crippen molar-refractivity contribution >= 4 is 28.9 Å². The highest BCUT2D eigenvalue weighted by Crippen LogP contribution is 2.24. The van der Waals surface area contributed by atoms with Crippen LogP contribution in [0.2, 0.25) is 0 Å². The lowest BCUT2D eigenvalue weighted by atomic mass is 10.1. The summed E-state index contributed by atoms with van der Waals surface area (Å²) in [5.74, 6) is -2.24. The molecule has 1 rings (SSSR count). The second-order valence-corrected chi connectivity index (χ2v) is 4.25. The minimum atomic E-state index is -0.838. The lowest BCUT2D eigenvalue weighted by Crippen LogP contribution is -2.29. The standard InChI is InChI=1S/C12H14F2N2O2S/c1-3-18-10(17)6-16(2)11-8(13)4-7(12(15)19)5-9(11)14/h4-5H,3,6H2,1-2H3,(H2,15,19). The molecule has 0 amide bonds. The number of likely N-dealkylation sites (N-methyl/N-ethyl adjacent to an activating group) is 1. The Morgan fingerprint density at radius 2 is 1.95 bits per heavy atom. The molecule has 0 aromatic heterocycles. The van der Waals surface area contributed by atoms with Crippen molar-refractivity contribution < 1.29 is 18.3 Å². The summed E-state index contributed by atoms with van der Waals surface area (Å²) in [6.07, 6.45) is 0. The molecule has 1 aromatic rings. The molecular weight excluding hydrogens is 274 g/mol. The van der Waals surface area contributed by atoms with E-state index in [9.17, 15) is 13.6 Å². The van der Waals surface area contributed by atoms with Crippen molar-refractivity contribution in [2.75, 3.05) is 25.1 Å². The first kappa shape index (κ1) is 15.3. The number of nitrogens with two attached hydrogens (primary N) is 1. The highest BCUT2D eigenvalue weighted by atomic mass is 32.1. The van der Waals surface area contributed by atoms with Crippen molar-refractivity contribution in [2.24, 2.45) is 5.73 Å². The number of rotatable bonds is 5. The molecule has 0 radical (unpaired) electrons. The topological polar surface area (TPSA) is 55.6 Å². The highest BCUT2D eigenvalue weighted by Gasteiger charge is 2.18. The molecule has 1 aromatic carbocycles. The average Bonchev–Trinajstić information content (AvgIpc) is 2.27. The van der Waals surface area contributed by atoms with Crippen molar-refractivity contribution in [3.63, 3.8) is 0 Å². The summed E-state index contributed by atoms with van der Waals surface area (Å²) in [6, 6.07) is 2.06. The van der Waals surface area contributed by atoms with Crippen LogP contribution >= 0.6 is 12.2 Å². The first-order chi connectivity index (χ1) is 8.86. The van der Waals surface area contributed by atoms with E-state index in [1.54, 1.807) is 6.92 Å². The van der Waals surface area contributed by atoms with E-state index in [1.165, 1.54) is 7.05 Å². The number of hydrogen-bond donors (Lipinski definition) is 1. The van der Waals surface area contributed by atoms with Crippen LogP contribution in [0, 0.1) is 11.6 Å². The van der Waals surface area contributed by atoms with Gasteiger partial charge in [-0.05, 0) is 19.1 Å². The van der Waals surface area contributed by atoms with Crippen LogP contribution in [0.15, 0.2) is 12.1 Å². The summed E-state index contributed by atoms with van der Waals surface area (Å²) in [6.45, 7) is 1.60. The summed E-state index contributed by atoms with van der Waals surface area (Å²) in [4.78, 5) is 12.3. The van der Waals surface area contributed by atoms with Crippen molar-refractivity contribution in [1.29, 1.82) is 0 Å². The molecule has 2 N–H and O–H groups in total. The van der Waals surface area contributed by atoms with Gasteiger partial charge in [0, 0.05) is 12.6 Å². The number of esters is 1. The van der Waals surface area contributed by atoms with Gasteiger partial charge in [-0.1, -0.05) is 12.2 Å². The Labute approximate surface area is 115 Å². The quantitative estimate of drug-likeness (QED) is 0.659. The molecule has 0 unspecified atom stereocenters. The Bertz CT molecular complexity index is 485. The molecule has 0 saturated carbocycles. The number of carbonyl (C=O) groups excluding carboxylic acids is 1. The zero-order valence-corrected chi connectivity index (χ0v) is 11.4. The zero-order valence-electron chi connectivity index (χ0n) is 10.6. The number of ether oxygens (including phenoxy) is 1. The van der Waals surface area contributed by atoms with E-state index in [0.29, 0.717) is 0 Å². The third kappa shape index (κ3) is 3.85. The second kappa shape index (κ2) is 6.42. The smallest absolute Gasteiger partial charge is 0.325 e. The van der Waals surface area contributed by atoms with Crippen LogP contribution in [0.25, 0.3) is 0 Å². The Kier molecular flexibility index (Phi) is 5.17. The van der Waals surface area contributed by atoms with Crippen molar-refractivity contribution in [3.05, 3.63) is 29.3 Å². The molecule has 0 aliphatic heterocycles. The minimum absolute atomic E-state index is 0.0956. The van der Waals surface area contributed by atoms with Gasteiger partial charge in [-0.15, -0.1) is 0 Å². The summed E-state index contributed by atoms with van der Waals surface area (Å²) >= 11 is 4.65. The molecule has 104 valence electrons. The molecule has 0 fully saturated rings. The lowest BCUT2D eigenvalue weighted by molar-refractivity contribution is -0.141. The van der Waals surface area contributed by atoms with Crippen LogP contribution in [0.1, 0.15) is 12.5 Å². The van der Waals surface area contributed by atoms with Crippen molar-refractivity contribution in [1.82, 2.24) is 0 Å². The Morgan fingerprint density at radius 3 is 2.37 bits per heavy atom. The van der Waals surface area contributed by atoms with E-state index in [0.717, 1.165) is 17.0 Å². The molecule has 4 nitrogen and oxygen atoms in total. The third-order valence-electron chi connectivity index (χ3n) is 2.35. The monoisotopic (exact) mass is 288 g/mol. The van der Waals surface area contributed by atoms with Crippen LogP contribution in [0.4, 0.5) is 14.5 Å². The lowest BCUT2D eigenvalue weighted by Gasteiger charge is -2.20. The van der Waals surface area contributed by atoms with Gasteiger partial charge < -0.3 is 15.4 Å². The minimum Gasteiger partial charge on any atom is -0.465 e. The zero-order chi connectivity index (χ0) is 14.6. The summed E-state index contributed by atoms with van der Waals surface area (Å²) in [7, 11) is 1.39. The average molecular weight is 288 g/mol. The molecular formula is C12H14F2N2O2S. The number of hydrogen-bond acceptors (Lipinski definition) is 4. The van der Waals surface area contributed by atoms with Gasteiger partial charge >= 0.3 is 5.97 Å². The van der Waals surface area contributed by atoms with E-state index in [-0.39, 0.29) is 29.4 Å². The van der Waals surface area contributed by atoms with E-state index in [1.807, 2.05) is 0 Å². The largest absolute Gasteiger partial charge is 0.465 e. The Morgan fingerprint density at radius 1 is 1.42 bits per heavy atom. The number of anilines is 1. The maximum Gasteiger partial charge on any atom is 0.325 e. The predicted octanol–water partition coefficient (Wildman–Crippen LogP) is 1.60. The molecule has 0 bridgehead atoms. The van der Waals surface area contributed by atoms with Crippen LogP contribution in [-0.4, -0.2) is 31.2 Å². The second-order valence-electron chi connectivity index (χ2n) is 3.81. The fraction of sp³-hybridized carbons (Fsp3) is 0.333. The van der Waals surface area contributed by atoms with E-state index < -0.39 is 17.6 Å². The molecule has 0 aliphatic rings. The number of benzene rings is 1. The molecule has 0 aliphatic carbocycles. The van der Waals surface area contributed by atoms with Gasteiger partial charge in [-0.2, -0.15) is 0 Å². The summed E-state index contributed by atoms with van der Waals surface area (Å²) < 4.78 is 32.3. The van der Waals surface area contributed by atoms with Gasteiger partial charge in [-0.3, -0.25) is 4.79 Å².